The third-order valence-electron chi connectivity index (χ3n) is 5.53. The summed E-state index contributed by atoms with van der Waals surface area (Å²) in [5.41, 5.74) is 0.426. The first-order valence-corrected chi connectivity index (χ1v) is 8.99. The Balaban J connectivity index is 1.60. The van der Waals surface area contributed by atoms with E-state index in [1.807, 2.05) is 9.80 Å². The zero-order valence-electron chi connectivity index (χ0n) is 14.2. The molecule has 1 aromatic carbocycles. The molecule has 0 radical (unpaired) electrons. The minimum Gasteiger partial charge on any atom is -0.379 e. The predicted octanol–water partition coefficient (Wildman–Crippen LogP) is 1.96. The Bertz CT molecular complexity index is 666. The molecule has 2 amide bonds. The summed E-state index contributed by atoms with van der Waals surface area (Å²) in [6, 6.07) is 6.25. The van der Waals surface area contributed by atoms with Gasteiger partial charge >= 0.3 is 0 Å². The molecule has 1 aromatic rings. The van der Waals surface area contributed by atoms with Crippen molar-refractivity contribution in [3.05, 3.63) is 35.6 Å². The number of nitrogens with zero attached hydrogens (tertiary/aromatic N) is 2. The van der Waals surface area contributed by atoms with Gasteiger partial charge in [0.05, 0.1) is 12.1 Å². The molecule has 1 unspecified atom stereocenters. The highest BCUT2D eigenvalue weighted by Crippen LogP contribution is 2.36. The van der Waals surface area contributed by atoms with Gasteiger partial charge in [-0.25, -0.2) is 4.39 Å². The summed E-state index contributed by atoms with van der Waals surface area (Å²) >= 11 is 0. The van der Waals surface area contributed by atoms with Crippen LogP contribution in [0.15, 0.2) is 24.3 Å². The minimum absolute atomic E-state index is 0.0425. The molecule has 0 aromatic heterocycles. The lowest BCUT2D eigenvalue weighted by Gasteiger charge is -2.40. The maximum absolute atomic E-state index is 13.2. The summed E-state index contributed by atoms with van der Waals surface area (Å²) < 4.78 is 18.8. The van der Waals surface area contributed by atoms with Crippen molar-refractivity contribution in [2.24, 2.45) is 5.92 Å². The van der Waals surface area contributed by atoms with E-state index in [9.17, 15) is 14.0 Å². The van der Waals surface area contributed by atoms with E-state index < -0.39 is 5.54 Å². The first-order chi connectivity index (χ1) is 12.1. The van der Waals surface area contributed by atoms with E-state index in [-0.39, 0.29) is 23.5 Å². The molecule has 0 bridgehead atoms. The zero-order chi connectivity index (χ0) is 17.4. The lowest BCUT2D eigenvalue weighted by Crippen LogP contribution is -2.56. The number of rotatable bonds is 3. The second-order valence-corrected chi connectivity index (χ2v) is 7.42. The van der Waals surface area contributed by atoms with E-state index >= 15 is 0 Å². The second-order valence-electron chi connectivity index (χ2n) is 7.42. The molecule has 2 aliphatic heterocycles. The van der Waals surface area contributed by atoms with Crippen molar-refractivity contribution in [2.75, 3.05) is 26.3 Å². The molecule has 3 fully saturated rings. The average molecular weight is 346 g/mol. The monoisotopic (exact) mass is 346 g/mol. The van der Waals surface area contributed by atoms with E-state index in [1.165, 1.54) is 12.1 Å². The van der Waals surface area contributed by atoms with Crippen LogP contribution < -0.4 is 0 Å². The van der Waals surface area contributed by atoms with Crippen molar-refractivity contribution >= 4 is 11.8 Å². The summed E-state index contributed by atoms with van der Waals surface area (Å²) in [7, 11) is 0. The van der Waals surface area contributed by atoms with Gasteiger partial charge in [-0.1, -0.05) is 12.1 Å². The maximum atomic E-state index is 13.2. The van der Waals surface area contributed by atoms with Crippen molar-refractivity contribution in [1.82, 2.24) is 9.80 Å². The lowest BCUT2D eigenvalue weighted by atomic mass is 9.94. The van der Waals surface area contributed by atoms with Gasteiger partial charge in [-0.05, 0) is 37.0 Å². The first-order valence-electron chi connectivity index (χ1n) is 8.99. The van der Waals surface area contributed by atoms with Crippen molar-refractivity contribution in [3.63, 3.8) is 0 Å². The second kappa shape index (κ2) is 6.41. The largest absolute Gasteiger partial charge is 0.379 e. The summed E-state index contributed by atoms with van der Waals surface area (Å²) in [5, 5.41) is 0. The molecule has 4 rings (SSSR count). The minimum atomic E-state index is -0.466. The van der Waals surface area contributed by atoms with E-state index in [1.54, 1.807) is 12.1 Å². The van der Waals surface area contributed by atoms with Gasteiger partial charge in [0, 0.05) is 38.6 Å². The molecule has 1 spiro atoms. The summed E-state index contributed by atoms with van der Waals surface area (Å²) in [5.74, 6) is 0.0906. The van der Waals surface area contributed by atoms with Crippen molar-refractivity contribution < 1.29 is 18.7 Å². The average Bonchev–Trinajstić information content (AvgIpc) is 3.37. The predicted molar refractivity (Wildman–Crippen MR) is 89.0 cm³/mol. The molecule has 1 aliphatic carbocycles. The Morgan fingerprint density at radius 2 is 2.04 bits per heavy atom. The highest BCUT2D eigenvalue weighted by molar-refractivity contribution is 5.83. The van der Waals surface area contributed by atoms with Crippen LogP contribution in [0.25, 0.3) is 0 Å². The molecular formula is C19H23FN2O3. The van der Waals surface area contributed by atoms with Crippen LogP contribution in [-0.4, -0.2) is 53.5 Å². The molecule has 0 N–H and O–H groups in total. The highest BCUT2D eigenvalue weighted by Gasteiger charge is 2.48. The molecule has 1 atom stereocenters. The standard InChI is InChI=1S/C19H23FN2O3/c20-16-5-1-14(2-6-16)11-22-17(23)7-9-21(18(24)15-3-4-15)12-19(22)8-10-25-13-19/h1-2,5-6,15H,3-4,7-13H2. The fourth-order valence-electron chi connectivity index (χ4n) is 3.89. The van der Waals surface area contributed by atoms with Crippen LogP contribution in [0.3, 0.4) is 0 Å². The topological polar surface area (TPSA) is 49.9 Å². The van der Waals surface area contributed by atoms with Crippen LogP contribution in [0.4, 0.5) is 4.39 Å². The maximum Gasteiger partial charge on any atom is 0.225 e. The third-order valence-corrected chi connectivity index (χ3v) is 5.53. The lowest BCUT2D eigenvalue weighted by molar-refractivity contribution is -0.138. The van der Waals surface area contributed by atoms with Crippen LogP contribution in [0.1, 0.15) is 31.2 Å². The molecule has 2 saturated heterocycles. The van der Waals surface area contributed by atoms with E-state index in [0.29, 0.717) is 39.3 Å². The molecule has 3 aliphatic rings. The number of halogens is 1. The number of hydrogen-bond acceptors (Lipinski definition) is 3. The summed E-state index contributed by atoms with van der Waals surface area (Å²) in [6.45, 7) is 2.49. The molecule has 2 heterocycles. The van der Waals surface area contributed by atoms with Gasteiger partial charge in [-0.15, -0.1) is 0 Å². The van der Waals surface area contributed by atoms with Crippen LogP contribution in [0.2, 0.25) is 0 Å². The normalized spacial score (nSPS) is 27.0. The SMILES string of the molecule is O=C(C1CC1)N1CCC(=O)N(Cc2ccc(F)cc2)C2(CCOC2)C1. The Hall–Kier alpha value is -1.95. The number of benzene rings is 1. The van der Waals surface area contributed by atoms with Gasteiger partial charge in [-0.3, -0.25) is 9.59 Å². The molecule has 25 heavy (non-hydrogen) atoms. The molecule has 5 nitrogen and oxygen atoms in total. The number of hydrogen-bond donors (Lipinski definition) is 0. The smallest absolute Gasteiger partial charge is 0.225 e. The van der Waals surface area contributed by atoms with Gasteiger partial charge in [0.1, 0.15) is 5.82 Å². The third kappa shape index (κ3) is 3.27. The van der Waals surface area contributed by atoms with Gasteiger partial charge < -0.3 is 14.5 Å². The van der Waals surface area contributed by atoms with Crippen molar-refractivity contribution in [2.45, 2.75) is 37.8 Å². The summed E-state index contributed by atoms with van der Waals surface area (Å²) in [4.78, 5) is 29.2. The number of ether oxygens (including phenoxy) is 1. The Morgan fingerprint density at radius 3 is 2.68 bits per heavy atom. The molecule has 134 valence electrons. The number of amides is 2. The number of carbonyl (C=O) groups is 2. The van der Waals surface area contributed by atoms with Crippen molar-refractivity contribution in [3.8, 4) is 0 Å². The Labute approximate surface area is 146 Å². The quantitative estimate of drug-likeness (QED) is 0.841. The first kappa shape index (κ1) is 16.5. The Kier molecular flexibility index (Phi) is 4.23. The Morgan fingerprint density at radius 1 is 1.28 bits per heavy atom. The van der Waals surface area contributed by atoms with Gasteiger partial charge in [0.25, 0.3) is 0 Å². The molecule has 1 saturated carbocycles. The number of carbonyl (C=O) groups excluding carboxylic acids is 2. The van der Waals surface area contributed by atoms with Gasteiger partial charge in [0.2, 0.25) is 11.8 Å². The van der Waals surface area contributed by atoms with E-state index in [0.717, 1.165) is 24.8 Å². The van der Waals surface area contributed by atoms with Crippen LogP contribution >= 0.6 is 0 Å². The van der Waals surface area contributed by atoms with Gasteiger partial charge in [-0.2, -0.15) is 0 Å². The highest BCUT2D eigenvalue weighted by atomic mass is 19.1. The van der Waals surface area contributed by atoms with E-state index in [2.05, 4.69) is 0 Å². The van der Waals surface area contributed by atoms with Crippen LogP contribution in [-0.2, 0) is 20.9 Å². The zero-order valence-corrected chi connectivity index (χ0v) is 14.2. The van der Waals surface area contributed by atoms with E-state index in [4.69, 9.17) is 4.74 Å². The van der Waals surface area contributed by atoms with Gasteiger partial charge in [0.15, 0.2) is 0 Å². The molecular weight excluding hydrogens is 323 g/mol. The van der Waals surface area contributed by atoms with Crippen molar-refractivity contribution in [1.29, 1.82) is 0 Å². The summed E-state index contributed by atoms with van der Waals surface area (Å²) in [6.07, 6.45) is 2.99. The fraction of sp³-hybridized carbons (Fsp3) is 0.579. The van der Waals surface area contributed by atoms with Crippen LogP contribution in [0, 0.1) is 11.7 Å². The fourth-order valence-corrected chi connectivity index (χ4v) is 3.89. The molecule has 6 heteroatoms. The van der Waals surface area contributed by atoms with Crippen LogP contribution in [0.5, 0.6) is 0 Å².